The standard InChI is InChI=1S/C29H27F6N3O4/c1-16-6-4-5-7-21(16)22-12-25(38-26(40)13-27(41)42-3)37-14-23(22)36-15-24(39)17(2)8-18-9-19(28(30,31)32)11-20(10-18)29(33,34)35/h4-7,9-12,14,17,36H,8,13,15H2,1-3H3,(H,37,38,40). The van der Waals surface area contributed by atoms with Crippen molar-refractivity contribution >= 4 is 29.2 Å². The van der Waals surface area contributed by atoms with E-state index in [1.165, 1.54) is 19.2 Å². The van der Waals surface area contributed by atoms with E-state index in [0.717, 1.165) is 18.2 Å². The van der Waals surface area contributed by atoms with Crippen molar-refractivity contribution in [2.75, 3.05) is 24.3 Å². The van der Waals surface area contributed by atoms with Crippen molar-refractivity contribution in [2.24, 2.45) is 5.92 Å². The zero-order valence-electron chi connectivity index (χ0n) is 22.7. The van der Waals surface area contributed by atoms with E-state index in [1.54, 1.807) is 12.1 Å². The zero-order valence-corrected chi connectivity index (χ0v) is 22.7. The van der Waals surface area contributed by atoms with E-state index in [0.29, 0.717) is 23.4 Å². The third-order valence-corrected chi connectivity index (χ3v) is 6.33. The number of nitrogens with one attached hydrogen (secondary N) is 2. The van der Waals surface area contributed by atoms with Gasteiger partial charge in [-0.3, -0.25) is 14.4 Å². The van der Waals surface area contributed by atoms with Gasteiger partial charge in [0.15, 0.2) is 5.78 Å². The van der Waals surface area contributed by atoms with Gasteiger partial charge in [-0.25, -0.2) is 4.98 Å². The molecule has 0 spiro atoms. The molecule has 0 saturated carbocycles. The van der Waals surface area contributed by atoms with E-state index in [4.69, 9.17) is 0 Å². The number of Topliss-reactive ketones (excluding diaryl/α,β-unsaturated/α-hetero) is 1. The molecule has 0 aliphatic carbocycles. The van der Waals surface area contributed by atoms with Crippen molar-refractivity contribution in [1.29, 1.82) is 0 Å². The van der Waals surface area contributed by atoms with Gasteiger partial charge >= 0.3 is 18.3 Å². The Bertz CT molecular complexity index is 1440. The van der Waals surface area contributed by atoms with Gasteiger partial charge in [0, 0.05) is 11.5 Å². The summed E-state index contributed by atoms with van der Waals surface area (Å²) in [7, 11) is 1.14. The molecule has 1 amide bonds. The van der Waals surface area contributed by atoms with Crippen LogP contribution >= 0.6 is 0 Å². The Morgan fingerprint density at radius 2 is 1.55 bits per heavy atom. The second-order valence-electron chi connectivity index (χ2n) is 9.57. The number of alkyl halides is 6. The maximum Gasteiger partial charge on any atom is 0.416 e. The molecule has 1 atom stereocenters. The average molecular weight is 596 g/mol. The predicted molar refractivity (Wildman–Crippen MR) is 142 cm³/mol. The number of halogens is 6. The number of ether oxygens (including phenoxy) is 1. The van der Waals surface area contributed by atoms with E-state index in [-0.39, 0.29) is 30.4 Å². The number of esters is 1. The molecular weight excluding hydrogens is 568 g/mol. The number of methoxy groups -OCH3 is 1. The van der Waals surface area contributed by atoms with Gasteiger partial charge in [-0.2, -0.15) is 26.3 Å². The van der Waals surface area contributed by atoms with Crippen LogP contribution in [0.15, 0.2) is 54.7 Å². The number of rotatable bonds is 10. The number of nitrogens with zero attached hydrogens (tertiary/aromatic N) is 1. The Kier molecular flexibility index (Phi) is 9.97. The zero-order chi connectivity index (χ0) is 31.2. The normalized spacial score (nSPS) is 12.4. The fourth-order valence-electron chi connectivity index (χ4n) is 4.11. The average Bonchev–Trinajstić information content (AvgIpc) is 2.91. The summed E-state index contributed by atoms with van der Waals surface area (Å²) < 4.78 is 83.8. The maximum absolute atomic E-state index is 13.2. The molecule has 1 aromatic heterocycles. The van der Waals surface area contributed by atoms with Crippen molar-refractivity contribution in [3.05, 3.63) is 77.0 Å². The number of aryl methyl sites for hydroxylation is 1. The number of aromatic nitrogens is 1. The quantitative estimate of drug-likeness (QED) is 0.159. The van der Waals surface area contributed by atoms with E-state index in [1.807, 2.05) is 19.1 Å². The number of amides is 1. The summed E-state index contributed by atoms with van der Waals surface area (Å²) in [4.78, 5) is 40.6. The molecule has 1 unspecified atom stereocenters. The van der Waals surface area contributed by atoms with Crippen LogP contribution in [0, 0.1) is 12.8 Å². The molecule has 13 heteroatoms. The third-order valence-electron chi connectivity index (χ3n) is 6.33. The van der Waals surface area contributed by atoms with E-state index < -0.39 is 53.5 Å². The van der Waals surface area contributed by atoms with Crippen molar-refractivity contribution in [1.82, 2.24) is 4.98 Å². The number of hydrogen-bond donors (Lipinski definition) is 2. The van der Waals surface area contributed by atoms with Crippen LogP contribution in [0.2, 0.25) is 0 Å². The highest BCUT2D eigenvalue weighted by molar-refractivity contribution is 6.02. The summed E-state index contributed by atoms with van der Waals surface area (Å²) >= 11 is 0. The first-order chi connectivity index (χ1) is 19.6. The fourth-order valence-corrected chi connectivity index (χ4v) is 4.11. The molecule has 0 fully saturated rings. The predicted octanol–water partition coefficient (Wildman–Crippen LogP) is 6.46. The summed E-state index contributed by atoms with van der Waals surface area (Å²) in [5.74, 6) is -2.66. The number of anilines is 2. The summed E-state index contributed by atoms with van der Waals surface area (Å²) in [6.07, 6.45) is -9.50. The molecule has 0 aliphatic heterocycles. The second kappa shape index (κ2) is 13.0. The minimum atomic E-state index is -4.99. The molecule has 224 valence electrons. The van der Waals surface area contributed by atoms with Crippen molar-refractivity contribution in [3.8, 4) is 11.1 Å². The summed E-state index contributed by atoms with van der Waals surface area (Å²) in [5, 5.41) is 5.44. The maximum atomic E-state index is 13.2. The number of hydrogen-bond acceptors (Lipinski definition) is 6. The highest BCUT2D eigenvalue weighted by Gasteiger charge is 2.37. The Balaban J connectivity index is 1.81. The summed E-state index contributed by atoms with van der Waals surface area (Å²) in [6, 6.07) is 10.0. The van der Waals surface area contributed by atoms with Gasteiger partial charge in [-0.1, -0.05) is 31.2 Å². The molecule has 0 bridgehead atoms. The summed E-state index contributed by atoms with van der Waals surface area (Å²) in [6.45, 7) is 2.95. The smallest absolute Gasteiger partial charge is 0.416 e. The first-order valence-corrected chi connectivity index (χ1v) is 12.6. The lowest BCUT2D eigenvalue weighted by Crippen LogP contribution is -2.23. The summed E-state index contributed by atoms with van der Waals surface area (Å²) in [5.41, 5.74) is -0.653. The van der Waals surface area contributed by atoms with Gasteiger partial charge in [0.25, 0.3) is 0 Å². The monoisotopic (exact) mass is 595 g/mol. The SMILES string of the molecule is COC(=O)CC(=O)Nc1cc(-c2ccccc2C)c(NCC(=O)C(C)Cc2cc(C(F)(F)F)cc(C(F)(F)F)c2)cn1. The topological polar surface area (TPSA) is 97.4 Å². The molecule has 2 N–H and O–H groups in total. The second-order valence-corrected chi connectivity index (χ2v) is 9.57. The van der Waals surface area contributed by atoms with Crippen LogP contribution < -0.4 is 10.6 Å². The highest BCUT2D eigenvalue weighted by Crippen LogP contribution is 2.37. The van der Waals surface area contributed by atoms with Gasteiger partial charge < -0.3 is 15.4 Å². The molecule has 7 nitrogen and oxygen atoms in total. The van der Waals surface area contributed by atoms with Gasteiger partial charge in [0.05, 0.1) is 36.7 Å². The number of pyridine rings is 1. The number of carbonyl (C=O) groups excluding carboxylic acids is 3. The molecule has 2 aromatic carbocycles. The minimum absolute atomic E-state index is 0.0408. The lowest BCUT2D eigenvalue weighted by Gasteiger charge is -2.18. The fraction of sp³-hybridized carbons (Fsp3) is 0.310. The minimum Gasteiger partial charge on any atom is -0.469 e. The van der Waals surface area contributed by atoms with Gasteiger partial charge in [0.1, 0.15) is 12.2 Å². The number of benzene rings is 2. The van der Waals surface area contributed by atoms with E-state index in [9.17, 15) is 40.7 Å². The van der Waals surface area contributed by atoms with Crippen LogP contribution in [0.4, 0.5) is 37.8 Å². The highest BCUT2D eigenvalue weighted by atomic mass is 19.4. The Morgan fingerprint density at radius 3 is 2.12 bits per heavy atom. The van der Waals surface area contributed by atoms with Crippen molar-refractivity contribution in [2.45, 2.75) is 39.0 Å². The van der Waals surface area contributed by atoms with Gasteiger partial charge in [0.2, 0.25) is 5.91 Å². The molecule has 3 rings (SSSR count). The Morgan fingerprint density at radius 1 is 0.929 bits per heavy atom. The molecular formula is C29H27F6N3O4. The van der Waals surface area contributed by atoms with Crippen LogP contribution in [0.3, 0.4) is 0 Å². The van der Waals surface area contributed by atoms with E-state index >= 15 is 0 Å². The number of ketones is 1. The van der Waals surface area contributed by atoms with Gasteiger partial charge in [-0.05, 0) is 54.3 Å². The molecule has 0 aliphatic rings. The van der Waals surface area contributed by atoms with Crippen LogP contribution in [0.1, 0.15) is 35.6 Å². The Hall–Kier alpha value is -4.42. The molecule has 0 saturated heterocycles. The van der Waals surface area contributed by atoms with E-state index in [2.05, 4.69) is 20.4 Å². The molecule has 42 heavy (non-hydrogen) atoms. The molecule has 3 aromatic rings. The van der Waals surface area contributed by atoms with Crippen molar-refractivity contribution in [3.63, 3.8) is 0 Å². The first kappa shape index (κ1) is 32.1. The lowest BCUT2D eigenvalue weighted by molar-refractivity contribution is -0.144. The van der Waals surface area contributed by atoms with Crippen LogP contribution in [-0.4, -0.2) is 36.3 Å². The van der Waals surface area contributed by atoms with Crippen LogP contribution in [0.5, 0.6) is 0 Å². The van der Waals surface area contributed by atoms with Gasteiger partial charge in [-0.15, -0.1) is 0 Å². The first-order valence-electron chi connectivity index (χ1n) is 12.6. The Labute approximate surface area is 237 Å². The molecule has 0 radical (unpaired) electrons. The van der Waals surface area contributed by atoms with Crippen LogP contribution in [-0.2, 0) is 37.9 Å². The van der Waals surface area contributed by atoms with Crippen LogP contribution in [0.25, 0.3) is 11.1 Å². The lowest BCUT2D eigenvalue weighted by atomic mass is 9.94. The third kappa shape index (κ3) is 8.54. The largest absolute Gasteiger partial charge is 0.469 e. The number of carbonyl (C=O) groups is 3. The van der Waals surface area contributed by atoms with Crippen molar-refractivity contribution < 1.29 is 45.5 Å². The molecule has 1 heterocycles.